The summed E-state index contributed by atoms with van der Waals surface area (Å²) >= 11 is 3.76. The Morgan fingerprint density at radius 3 is 2.81 bits per heavy atom. The lowest BCUT2D eigenvalue weighted by atomic mass is 10.3. The summed E-state index contributed by atoms with van der Waals surface area (Å²) in [5, 5.41) is 13.8. The van der Waals surface area contributed by atoms with Crippen molar-refractivity contribution in [3.05, 3.63) is 18.2 Å². The van der Waals surface area contributed by atoms with Crippen molar-refractivity contribution in [2.75, 3.05) is 30.1 Å². The second-order valence-electron chi connectivity index (χ2n) is 4.91. The van der Waals surface area contributed by atoms with Gasteiger partial charge in [0.25, 0.3) is 0 Å². The van der Waals surface area contributed by atoms with Crippen LogP contribution in [0.4, 0.5) is 15.1 Å². The van der Waals surface area contributed by atoms with Crippen molar-refractivity contribution in [3.8, 4) is 5.75 Å². The summed E-state index contributed by atoms with van der Waals surface area (Å²) in [5.41, 5.74) is 0.794. The first kappa shape index (κ1) is 19.3. The lowest BCUT2D eigenvalue weighted by molar-refractivity contribution is -0.113. The fourth-order valence-electron chi connectivity index (χ4n) is 1.94. The van der Waals surface area contributed by atoms with Crippen molar-refractivity contribution in [2.45, 2.75) is 11.3 Å². The topological polar surface area (TPSA) is 115 Å². The van der Waals surface area contributed by atoms with Gasteiger partial charge in [0, 0.05) is 0 Å². The Labute approximate surface area is 166 Å². The standard InChI is InChI=1S/C15H15N5O4S3/c1-3-24-14(22)18-13-19-20-15(27-13)25-7-11(21)17-12-16-9-5-4-8(23-2)6-10(9)26-12/h4-6H,3,7H2,1-2H3,(H,16,17,21)(H,18,19,22). The molecule has 0 saturated heterocycles. The number of nitrogens with zero attached hydrogens (tertiary/aromatic N) is 3. The molecular weight excluding hydrogens is 410 g/mol. The van der Waals surface area contributed by atoms with Gasteiger partial charge in [-0.05, 0) is 25.1 Å². The third-order valence-electron chi connectivity index (χ3n) is 3.06. The van der Waals surface area contributed by atoms with Crippen LogP contribution in [0.1, 0.15) is 6.92 Å². The van der Waals surface area contributed by atoms with Crippen LogP contribution in [0.2, 0.25) is 0 Å². The van der Waals surface area contributed by atoms with E-state index >= 15 is 0 Å². The summed E-state index contributed by atoms with van der Waals surface area (Å²) in [6, 6.07) is 5.53. The quantitative estimate of drug-likeness (QED) is 0.437. The van der Waals surface area contributed by atoms with Gasteiger partial charge < -0.3 is 14.8 Å². The van der Waals surface area contributed by atoms with Crippen LogP contribution in [0.5, 0.6) is 5.75 Å². The Bertz CT molecular complexity index is 958. The molecule has 0 fully saturated rings. The zero-order chi connectivity index (χ0) is 19.2. The third-order valence-corrected chi connectivity index (χ3v) is 5.97. The van der Waals surface area contributed by atoms with E-state index in [1.165, 1.54) is 34.4 Å². The molecular formula is C15H15N5O4S3. The number of methoxy groups -OCH3 is 1. The molecule has 0 aliphatic heterocycles. The molecule has 0 spiro atoms. The molecule has 0 saturated carbocycles. The second-order valence-corrected chi connectivity index (χ2v) is 8.14. The van der Waals surface area contributed by atoms with Crippen LogP contribution in [0.25, 0.3) is 10.2 Å². The molecule has 2 N–H and O–H groups in total. The zero-order valence-corrected chi connectivity index (χ0v) is 16.8. The summed E-state index contributed by atoms with van der Waals surface area (Å²) in [5.74, 6) is 0.678. The normalized spacial score (nSPS) is 10.6. The van der Waals surface area contributed by atoms with E-state index in [0.29, 0.717) is 14.6 Å². The third kappa shape index (κ3) is 5.28. The predicted molar refractivity (Wildman–Crippen MR) is 106 cm³/mol. The van der Waals surface area contributed by atoms with Gasteiger partial charge in [0.05, 0.1) is 29.7 Å². The fraction of sp³-hybridized carbons (Fsp3) is 0.267. The number of ether oxygens (including phenoxy) is 2. The molecule has 1 aromatic carbocycles. The Morgan fingerprint density at radius 2 is 2.04 bits per heavy atom. The maximum Gasteiger partial charge on any atom is 0.413 e. The highest BCUT2D eigenvalue weighted by molar-refractivity contribution is 8.01. The summed E-state index contributed by atoms with van der Waals surface area (Å²) < 4.78 is 11.4. The highest BCUT2D eigenvalue weighted by Crippen LogP contribution is 2.30. The Balaban J connectivity index is 1.52. The highest BCUT2D eigenvalue weighted by atomic mass is 32.2. The number of carbonyl (C=O) groups excluding carboxylic acids is 2. The molecule has 9 nitrogen and oxygen atoms in total. The maximum atomic E-state index is 12.1. The number of hydrogen-bond donors (Lipinski definition) is 2. The average molecular weight is 426 g/mol. The van der Waals surface area contributed by atoms with Crippen molar-refractivity contribution in [3.63, 3.8) is 0 Å². The Kier molecular flexibility index (Phi) is 6.42. The number of benzene rings is 1. The molecule has 0 aliphatic rings. The first-order valence-electron chi connectivity index (χ1n) is 7.72. The lowest BCUT2D eigenvalue weighted by Crippen LogP contribution is -2.13. The zero-order valence-electron chi connectivity index (χ0n) is 14.3. The van der Waals surface area contributed by atoms with Gasteiger partial charge in [-0.2, -0.15) is 0 Å². The molecule has 2 amide bonds. The van der Waals surface area contributed by atoms with Crippen molar-refractivity contribution in [2.24, 2.45) is 0 Å². The van der Waals surface area contributed by atoms with Gasteiger partial charge in [0.15, 0.2) is 9.47 Å². The van der Waals surface area contributed by atoms with Crippen molar-refractivity contribution < 1.29 is 19.1 Å². The van der Waals surface area contributed by atoms with Crippen LogP contribution in [0, 0.1) is 0 Å². The van der Waals surface area contributed by atoms with E-state index in [2.05, 4.69) is 25.8 Å². The number of fused-ring (bicyclic) bond motifs is 1. The molecule has 0 bridgehead atoms. The number of thiazole rings is 1. The number of carbonyl (C=O) groups is 2. The van der Waals surface area contributed by atoms with Crippen molar-refractivity contribution >= 4 is 66.9 Å². The predicted octanol–water partition coefficient (Wildman–Crippen LogP) is 3.46. The highest BCUT2D eigenvalue weighted by Gasteiger charge is 2.12. The minimum absolute atomic E-state index is 0.146. The minimum Gasteiger partial charge on any atom is -0.497 e. The first-order chi connectivity index (χ1) is 13.1. The SMILES string of the molecule is CCOC(=O)Nc1nnc(SCC(=O)Nc2nc3ccc(OC)cc3s2)s1. The molecule has 0 unspecified atom stereocenters. The van der Waals surface area contributed by atoms with Crippen LogP contribution in [-0.4, -0.2) is 46.7 Å². The molecule has 3 rings (SSSR count). The lowest BCUT2D eigenvalue weighted by Gasteiger charge is -1.99. The van der Waals surface area contributed by atoms with Gasteiger partial charge in [-0.3, -0.25) is 10.1 Å². The molecule has 2 aromatic heterocycles. The molecule has 27 heavy (non-hydrogen) atoms. The molecule has 12 heteroatoms. The summed E-state index contributed by atoms with van der Waals surface area (Å²) in [6.45, 7) is 1.98. The number of aromatic nitrogens is 3. The van der Waals surface area contributed by atoms with E-state index in [1.807, 2.05) is 18.2 Å². The van der Waals surface area contributed by atoms with E-state index in [0.717, 1.165) is 16.0 Å². The minimum atomic E-state index is -0.588. The van der Waals surface area contributed by atoms with Gasteiger partial charge in [0.2, 0.25) is 11.0 Å². The molecule has 0 atom stereocenters. The number of amides is 2. The largest absolute Gasteiger partial charge is 0.497 e. The van der Waals surface area contributed by atoms with E-state index in [1.54, 1.807) is 14.0 Å². The number of nitrogens with one attached hydrogen (secondary N) is 2. The van der Waals surface area contributed by atoms with Crippen LogP contribution < -0.4 is 15.4 Å². The monoisotopic (exact) mass is 425 g/mol. The maximum absolute atomic E-state index is 12.1. The Hall–Kier alpha value is -2.44. The van der Waals surface area contributed by atoms with Gasteiger partial charge in [-0.25, -0.2) is 9.78 Å². The molecule has 0 aliphatic carbocycles. The second kappa shape index (κ2) is 8.97. The fourth-order valence-corrected chi connectivity index (χ4v) is 4.39. The molecule has 3 aromatic rings. The first-order valence-corrected chi connectivity index (χ1v) is 10.3. The molecule has 142 valence electrons. The Morgan fingerprint density at radius 1 is 1.19 bits per heavy atom. The molecule has 2 heterocycles. The van der Waals surface area contributed by atoms with Crippen LogP contribution >= 0.6 is 34.4 Å². The average Bonchev–Trinajstić information content (AvgIpc) is 3.25. The number of thioether (sulfide) groups is 1. The van der Waals surface area contributed by atoms with E-state index in [-0.39, 0.29) is 18.3 Å². The van der Waals surface area contributed by atoms with E-state index in [9.17, 15) is 9.59 Å². The smallest absolute Gasteiger partial charge is 0.413 e. The van der Waals surface area contributed by atoms with Crippen molar-refractivity contribution in [1.29, 1.82) is 0 Å². The number of hydrogen-bond acceptors (Lipinski definition) is 10. The summed E-state index contributed by atoms with van der Waals surface area (Å²) in [4.78, 5) is 27.8. The van der Waals surface area contributed by atoms with E-state index in [4.69, 9.17) is 9.47 Å². The van der Waals surface area contributed by atoms with Gasteiger partial charge >= 0.3 is 6.09 Å². The van der Waals surface area contributed by atoms with E-state index < -0.39 is 6.09 Å². The number of rotatable bonds is 7. The van der Waals surface area contributed by atoms with Crippen LogP contribution in [-0.2, 0) is 9.53 Å². The summed E-state index contributed by atoms with van der Waals surface area (Å²) in [7, 11) is 1.60. The van der Waals surface area contributed by atoms with Crippen molar-refractivity contribution in [1.82, 2.24) is 15.2 Å². The van der Waals surface area contributed by atoms with Gasteiger partial charge in [-0.1, -0.05) is 34.4 Å². The number of anilines is 2. The van der Waals surface area contributed by atoms with Gasteiger partial charge in [0.1, 0.15) is 5.75 Å². The van der Waals surface area contributed by atoms with Crippen LogP contribution in [0.15, 0.2) is 22.5 Å². The molecule has 0 radical (unpaired) electrons. The van der Waals surface area contributed by atoms with Gasteiger partial charge in [-0.15, -0.1) is 10.2 Å². The van der Waals surface area contributed by atoms with Crippen LogP contribution in [0.3, 0.4) is 0 Å². The summed E-state index contributed by atoms with van der Waals surface area (Å²) in [6.07, 6.45) is -0.588.